The zero-order valence-electron chi connectivity index (χ0n) is 7.93. The van der Waals surface area contributed by atoms with Crippen LogP contribution in [0.4, 0.5) is 0 Å². The molecular formula is C8H10S6Sn. The Morgan fingerprint density at radius 1 is 1.00 bits per heavy atom. The van der Waals surface area contributed by atoms with Gasteiger partial charge in [0.1, 0.15) is 0 Å². The second-order valence-corrected chi connectivity index (χ2v) is 14.1. The van der Waals surface area contributed by atoms with E-state index in [1.165, 1.54) is 27.4 Å². The Labute approximate surface area is 129 Å². The summed E-state index contributed by atoms with van der Waals surface area (Å²) in [6.07, 6.45) is 0. The van der Waals surface area contributed by atoms with Crippen LogP contribution in [0.25, 0.3) is 0 Å². The van der Waals surface area contributed by atoms with Crippen molar-refractivity contribution in [3.8, 4) is 0 Å². The fourth-order valence-corrected chi connectivity index (χ4v) is 14.2. The van der Waals surface area contributed by atoms with Crippen molar-refractivity contribution in [2.45, 2.75) is 19.4 Å². The summed E-state index contributed by atoms with van der Waals surface area (Å²) in [4.78, 5) is 0. The fourth-order valence-electron chi connectivity index (χ4n) is 1.34. The molecular weight excluding hydrogens is 407 g/mol. The van der Waals surface area contributed by atoms with Crippen molar-refractivity contribution in [3.05, 3.63) is 0 Å². The van der Waals surface area contributed by atoms with Crippen molar-refractivity contribution in [2.24, 2.45) is 0 Å². The predicted octanol–water partition coefficient (Wildman–Crippen LogP) is 3.79. The molecule has 2 unspecified atom stereocenters. The van der Waals surface area contributed by atoms with Gasteiger partial charge in [-0.15, -0.1) is 0 Å². The topological polar surface area (TPSA) is 0 Å². The van der Waals surface area contributed by atoms with Crippen molar-refractivity contribution in [1.82, 2.24) is 0 Å². The molecule has 0 aromatic rings. The first-order valence-electron chi connectivity index (χ1n) is 4.61. The van der Waals surface area contributed by atoms with E-state index in [9.17, 15) is 0 Å². The summed E-state index contributed by atoms with van der Waals surface area (Å²) in [5.41, 5.74) is 0. The van der Waals surface area contributed by atoms with Crippen LogP contribution in [0.3, 0.4) is 0 Å². The van der Waals surface area contributed by atoms with E-state index < -0.39 is 0 Å². The van der Waals surface area contributed by atoms with Gasteiger partial charge in [0.15, 0.2) is 0 Å². The van der Waals surface area contributed by atoms with E-state index in [1.807, 2.05) is 47.0 Å². The van der Waals surface area contributed by atoms with E-state index >= 15 is 0 Å². The molecule has 0 aliphatic carbocycles. The predicted molar refractivity (Wildman–Crippen MR) is 88.2 cm³/mol. The van der Waals surface area contributed by atoms with Gasteiger partial charge in [-0.1, -0.05) is 0 Å². The van der Waals surface area contributed by atoms with Crippen LogP contribution in [-0.2, 0) is 0 Å². The molecule has 15 heavy (non-hydrogen) atoms. The first-order chi connectivity index (χ1) is 7.24. The van der Waals surface area contributed by atoms with Crippen LogP contribution in [0, 0.1) is 0 Å². The van der Waals surface area contributed by atoms with Crippen LogP contribution in [0.1, 0.15) is 0 Å². The van der Waals surface area contributed by atoms with E-state index in [0.717, 1.165) is 10.5 Å². The van der Waals surface area contributed by atoms with Crippen LogP contribution in [0.5, 0.6) is 0 Å². The zero-order chi connectivity index (χ0) is 10.7. The SMILES string of the molecule is S=C1SCC([CH2][Sn][CH2]C2CSC(=S)S2)S1. The van der Waals surface area contributed by atoms with Crippen LogP contribution in [-0.4, -0.2) is 50.2 Å². The maximum absolute atomic E-state index is 5.19. The summed E-state index contributed by atoms with van der Waals surface area (Å²) in [6, 6.07) is 0. The minimum absolute atomic E-state index is 0.153. The summed E-state index contributed by atoms with van der Waals surface area (Å²) >= 11 is 17.9. The van der Waals surface area contributed by atoms with Gasteiger partial charge in [-0.05, 0) is 0 Å². The van der Waals surface area contributed by atoms with E-state index in [4.69, 9.17) is 24.4 Å². The van der Waals surface area contributed by atoms with E-state index in [1.54, 1.807) is 0 Å². The van der Waals surface area contributed by atoms with Crippen LogP contribution >= 0.6 is 71.5 Å². The van der Waals surface area contributed by atoms with Gasteiger partial charge >= 0.3 is 131 Å². The first-order valence-corrected chi connectivity index (χ1v) is 13.2. The molecule has 0 aromatic carbocycles. The molecule has 2 radical (unpaired) electrons. The molecule has 0 saturated carbocycles. The molecule has 2 aliphatic rings. The number of thioether (sulfide) groups is 4. The number of hydrogen-bond acceptors (Lipinski definition) is 6. The average molecular weight is 417 g/mol. The third kappa shape index (κ3) is 4.87. The first kappa shape index (κ1) is 13.8. The molecule has 7 heteroatoms. The van der Waals surface area contributed by atoms with Gasteiger partial charge in [-0.3, -0.25) is 0 Å². The van der Waals surface area contributed by atoms with Crippen LogP contribution in [0.2, 0.25) is 8.87 Å². The second-order valence-electron chi connectivity index (χ2n) is 3.26. The molecule has 0 bridgehead atoms. The van der Waals surface area contributed by atoms with Gasteiger partial charge in [0.05, 0.1) is 0 Å². The molecule has 0 aromatic heterocycles. The van der Waals surface area contributed by atoms with Crippen molar-refractivity contribution in [3.63, 3.8) is 0 Å². The molecule has 2 atom stereocenters. The quantitative estimate of drug-likeness (QED) is 0.501. The number of hydrogen-bond donors (Lipinski definition) is 0. The van der Waals surface area contributed by atoms with E-state index in [0.29, 0.717) is 0 Å². The van der Waals surface area contributed by atoms with Gasteiger partial charge < -0.3 is 0 Å². The fraction of sp³-hybridized carbons (Fsp3) is 0.750. The van der Waals surface area contributed by atoms with Crippen molar-refractivity contribution in [1.29, 1.82) is 0 Å². The molecule has 0 spiro atoms. The van der Waals surface area contributed by atoms with Crippen LogP contribution < -0.4 is 0 Å². The molecule has 82 valence electrons. The monoisotopic (exact) mass is 418 g/mol. The van der Waals surface area contributed by atoms with E-state index in [2.05, 4.69) is 0 Å². The van der Waals surface area contributed by atoms with Crippen molar-refractivity contribution in [2.75, 3.05) is 11.5 Å². The van der Waals surface area contributed by atoms with Gasteiger partial charge in [0, 0.05) is 0 Å². The zero-order valence-corrected chi connectivity index (χ0v) is 15.7. The molecule has 2 saturated heterocycles. The molecule has 0 N–H and O–H groups in total. The molecule has 2 aliphatic heterocycles. The third-order valence-electron chi connectivity index (χ3n) is 2.04. The van der Waals surface area contributed by atoms with Gasteiger partial charge in [-0.2, -0.15) is 0 Å². The standard InChI is InChI=1S/2C4H5S3.Sn/c2*1-3-2-6-4(5)7-3;/h2*3H,1-2H2;. The van der Waals surface area contributed by atoms with E-state index in [-0.39, 0.29) is 21.1 Å². The number of rotatable bonds is 4. The average Bonchev–Trinajstić information content (AvgIpc) is 2.76. The third-order valence-corrected chi connectivity index (χ3v) is 14.5. The van der Waals surface area contributed by atoms with Crippen LogP contribution in [0.15, 0.2) is 0 Å². The summed E-state index contributed by atoms with van der Waals surface area (Å²) in [6.45, 7) is 0. The molecule has 0 amide bonds. The summed E-state index contributed by atoms with van der Waals surface area (Å²) in [5.74, 6) is 2.55. The Bertz CT molecular complexity index is 242. The minimum atomic E-state index is -0.153. The molecule has 2 rings (SSSR count). The summed E-state index contributed by atoms with van der Waals surface area (Å²) < 4.78 is 5.34. The Kier molecular flexibility index (Phi) is 6.52. The summed E-state index contributed by atoms with van der Waals surface area (Å²) in [7, 11) is 0. The molecule has 2 heterocycles. The Balaban J connectivity index is 1.59. The Hall–Kier alpha value is 2.38. The second kappa shape index (κ2) is 7.09. The Morgan fingerprint density at radius 3 is 1.80 bits per heavy atom. The molecule has 2 fully saturated rings. The van der Waals surface area contributed by atoms with Gasteiger partial charge in [0.25, 0.3) is 0 Å². The normalized spacial score (nSPS) is 31.5. The van der Waals surface area contributed by atoms with Gasteiger partial charge in [-0.25, -0.2) is 0 Å². The van der Waals surface area contributed by atoms with Gasteiger partial charge in [0.2, 0.25) is 0 Å². The number of thiocarbonyl (C=S) groups is 2. The summed E-state index contributed by atoms with van der Waals surface area (Å²) in [5, 5.41) is 1.72. The van der Waals surface area contributed by atoms with Crippen molar-refractivity contribution >= 4 is 99.7 Å². The Morgan fingerprint density at radius 2 is 1.47 bits per heavy atom. The van der Waals surface area contributed by atoms with Crippen molar-refractivity contribution < 1.29 is 0 Å². The maximum atomic E-state index is 5.19. The molecule has 0 nitrogen and oxygen atoms in total.